The number of hydrogen-bond donors (Lipinski definition) is 1. The largest absolute Gasteiger partial charge is 0.416 e. The molecule has 47 heavy (non-hydrogen) atoms. The smallest absolute Gasteiger partial charge is 0.352 e. The zero-order valence-corrected chi connectivity index (χ0v) is 28.2. The number of carbonyl (C=O) groups is 2. The van der Waals surface area contributed by atoms with Crippen LogP contribution in [0.15, 0.2) is 119 Å². The van der Waals surface area contributed by atoms with Gasteiger partial charge in [0.2, 0.25) is 11.8 Å². The van der Waals surface area contributed by atoms with Gasteiger partial charge >= 0.3 is 6.18 Å². The SMILES string of the molecule is CCC(C)NC(=O)C(Cc1ccccc1)N(Cc1ccc(Br)cc1)C(=O)CN(c1cccc(C(F)(F)F)c1)S(=O)(=O)c1ccccc1. The fourth-order valence-corrected chi connectivity index (χ4v) is 6.56. The molecule has 1 N–H and O–H groups in total. The Labute approximate surface area is 281 Å². The first kappa shape index (κ1) is 35.7. The molecule has 7 nitrogen and oxygen atoms in total. The quantitative estimate of drug-likeness (QED) is 0.158. The number of anilines is 1. The molecule has 0 saturated heterocycles. The Kier molecular flexibility index (Phi) is 11.9. The molecule has 0 spiro atoms. The van der Waals surface area contributed by atoms with Crippen LogP contribution in [-0.4, -0.2) is 43.8 Å². The summed E-state index contributed by atoms with van der Waals surface area (Å²) in [7, 11) is -4.54. The third kappa shape index (κ3) is 9.45. The van der Waals surface area contributed by atoms with Gasteiger partial charge < -0.3 is 10.2 Å². The first-order valence-corrected chi connectivity index (χ1v) is 17.2. The molecule has 0 aliphatic heterocycles. The molecule has 0 heterocycles. The predicted octanol–water partition coefficient (Wildman–Crippen LogP) is 7.22. The lowest BCUT2D eigenvalue weighted by Crippen LogP contribution is -2.54. The number of benzene rings is 4. The highest BCUT2D eigenvalue weighted by Gasteiger charge is 2.36. The Morgan fingerprint density at radius 3 is 2.06 bits per heavy atom. The van der Waals surface area contributed by atoms with Crippen molar-refractivity contribution in [3.63, 3.8) is 0 Å². The van der Waals surface area contributed by atoms with Gasteiger partial charge in [0.25, 0.3) is 10.0 Å². The van der Waals surface area contributed by atoms with E-state index in [1.54, 1.807) is 30.3 Å². The summed E-state index contributed by atoms with van der Waals surface area (Å²) in [4.78, 5) is 29.4. The third-order valence-electron chi connectivity index (χ3n) is 7.61. The molecule has 0 fully saturated rings. The Morgan fingerprint density at radius 1 is 0.851 bits per heavy atom. The van der Waals surface area contributed by atoms with Gasteiger partial charge in [-0.2, -0.15) is 13.2 Å². The lowest BCUT2D eigenvalue weighted by atomic mass is 10.0. The van der Waals surface area contributed by atoms with Crippen LogP contribution in [0.4, 0.5) is 18.9 Å². The van der Waals surface area contributed by atoms with Crippen molar-refractivity contribution in [1.29, 1.82) is 0 Å². The molecule has 12 heteroatoms. The lowest BCUT2D eigenvalue weighted by molar-refractivity contribution is -0.140. The van der Waals surface area contributed by atoms with Crippen LogP contribution in [0.3, 0.4) is 0 Å². The minimum absolute atomic E-state index is 0.0701. The van der Waals surface area contributed by atoms with Crippen molar-refractivity contribution in [3.05, 3.63) is 130 Å². The Bertz CT molecular complexity index is 1760. The van der Waals surface area contributed by atoms with Gasteiger partial charge in [0.15, 0.2) is 0 Å². The van der Waals surface area contributed by atoms with Gasteiger partial charge in [-0.1, -0.05) is 89.6 Å². The van der Waals surface area contributed by atoms with Crippen molar-refractivity contribution in [2.75, 3.05) is 10.8 Å². The van der Waals surface area contributed by atoms with Crippen LogP contribution < -0.4 is 9.62 Å². The number of alkyl halides is 3. The minimum atomic E-state index is -4.76. The number of rotatable bonds is 13. The third-order valence-corrected chi connectivity index (χ3v) is 9.93. The predicted molar refractivity (Wildman–Crippen MR) is 179 cm³/mol. The first-order valence-electron chi connectivity index (χ1n) is 14.9. The molecule has 0 radical (unpaired) electrons. The first-order chi connectivity index (χ1) is 22.3. The van der Waals surface area contributed by atoms with Crippen LogP contribution in [0.2, 0.25) is 0 Å². The highest BCUT2D eigenvalue weighted by atomic mass is 79.9. The van der Waals surface area contributed by atoms with E-state index in [0.717, 1.165) is 22.2 Å². The van der Waals surface area contributed by atoms with Crippen LogP contribution in [0, 0.1) is 0 Å². The maximum absolute atomic E-state index is 14.5. The zero-order chi connectivity index (χ0) is 34.2. The van der Waals surface area contributed by atoms with E-state index < -0.39 is 46.2 Å². The van der Waals surface area contributed by atoms with E-state index >= 15 is 0 Å². The molecule has 4 aromatic carbocycles. The Balaban J connectivity index is 1.84. The molecular formula is C35H35BrF3N3O4S. The average Bonchev–Trinajstić information content (AvgIpc) is 3.06. The number of carbonyl (C=O) groups excluding carboxylic acids is 2. The highest BCUT2D eigenvalue weighted by Crippen LogP contribution is 2.33. The maximum atomic E-state index is 14.5. The molecule has 0 aromatic heterocycles. The molecular weight excluding hydrogens is 695 g/mol. The summed E-state index contributed by atoms with van der Waals surface area (Å²) in [6, 6.07) is 25.9. The molecule has 0 aliphatic carbocycles. The molecule has 2 atom stereocenters. The molecule has 2 unspecified atom stereocenters. The van der Waals surface area contributed by atoms with Gasteiger partial charge in [0, 0.05) is 23.5 Å². The van der Waals surface area contributed by atoms with E-state index in [1.165, 1.54) is 35.2 Å². The molecule has 4 aromatic rings. The van der Waals surface area contributed by atoms with Crippen LogP contribution in [0.1, 0.15) is 37.0 Å². The minimum Gasteiger partial charge on any atom is -0.352 e. The summed E-state index contributed by atoms with van der Waals surface area (Å²) < 4.78 is 70.8. The fourth-order valence-electron chi connectivity index (χ4n) is 4.87. The summed E-state index contributed by atoms with van der Waals surface area (Å²) in [6.07, 6.45) is -4.02. The second-order valence-corrected chi connectivity index (χ2v) is 13.8. The topological polar surface area (TPSA) is 86.8 Å². The van der Waals surface area contributed by atoms with Crippen molar-refractivity contribution in [2.24, 2.45) is 0 Å². The van der Waals surface area contributed by atoms with Crippen LogP contribution in [0.25, 0.3) is 0 Å². The van der Waals surface area contributed by atoms with Crippen LogP contribution >= 0.6 is 15.9 Å². The van der Waals surface area contributed by atoms with Crippen LogP contribution in [-0.2, 0) is 38.8 Å². The van der Waals surface area contributed by atoms with Gasteiger partial charge in [-0.3, -0.25) is 13.9 Å². The van der Waals surface area contributed by atoms with Crippen molar-refractivity contribution in [2.45, 2.75) is 56.4 Å². The molecule has 0 bridgehead atoms. The van der Waals surface area contributed by atoms with E-state index in [2.05, 4.69) is 21.2 Å². The number of halogens is 4. The second-order valence-electron chi connectivity index (χ2n) is 11.0. The molecule has 2 amide bonds. The van der Waals surface area contributed by atoms with Crippen molar-refractivity contribution >= 4 is 43.5 Å². The van der Waals surface area contributed by atoms with E-state index in [9.17, 15) is 31.2 Å². The Morgan fingerprint density at radius 2 is 1.47 bits per heavy atom. The fraction of sp³-hybridized carbons (Fsp3) is 0.257. The molecule has 248 valence electrons. The average molecular weight is 731 g/mol. The summed E-state index contributed by atoms with van der Waals surface area (Å²) in [6.45, 7) is 2.81. The maximum Gasteiger partial charge on any atom is 0.416 e. The standard InChI is InChI=1S/C35H35BrF3N3O4S/c1-3-25(2)40-34(44)32(21-26-11-6-4-7-12-26)41(23-27-17-19-29(36)20-18-27)33(43)24-42(47(45,46)31-15-8-5-9-16-31)30-14-10-13-28(22-30)35(37,38)39/h4-20,22,25,32H,3,21,23-24H2,1-2H3,(H,40,44). The van der Waals surface area contributed by atoms with Gasteiger partial charge in [-0.05, 0) is 66.9 Å². The number of nitrogens with zero attached hydrogens (tertiary/aromatic N) is 2. The van der Waals surface area contributed by atoms with Gasteiger partial charge in [0.1, 0.15) is 12.6 Å². The summed E-state index contributed by atoms with van der Waals surface area (Å²) in [5.74, 6) is -1.21. The zero-order valence-electron chi connectivity index (χ0n) is 25.8. The molecule has 0 saturated carbocycles. The van der Waals surface area contributed by atoms with E-state index in [0.29, 0.717) is 22.4 Å². The lowest BCUT2D eigenvalue weighted by Gasteiger charge is -2.34. The Hall–Kier alpha value is -4.16. The van der Waals surface area contributed by atoms with Crippen molar-refractivity contribution < 1.29 is 31.2 Å². The van der Waals surface area contributed by atoms with E-state index in [4.69, 9.17) is 0 Å². The van der Waals surface area contributed by atoms with Crippen LogP contribution in [0.5, 0.6) is 0 Å². The summed E-state index contributed by atoms with van der Waals surface area (Å²) >= 11 is 3.40. The molecule has 4 rings (SSSR count). The van der Waals surface area contributed by atoms with Crippen molar-refractivity contribution in [3.8, 4) is 0 Å². The van der Waals surface area contributed by atoms with E-state index in [-0.39, 0.29) is 29.6 Å². The number of sulfonamides is 1. The molecule has 0 aliphatic rings. The summed E-state index contributed by atoms with van der Waals surface area (Å²) in [5, 5.41) is 2.95. The van der Waals surface area contributed by atoms with Crippen molar-refractivity contribution in [1.82, 2.24) is 10.2 Å². The second kappa shape index (κ2) is 15.6. The van der Waals surface area contributed by atoms with Gasteiger partial charge in [-0.25, -0.2) is 8.42 Å². The monoisotopic (exact) mass is 729 g/mol. The normalized spacial score (nSPS) is 13.0. The van der Waals surface area contributed by atoms with Gasteiger partial charge in [-0.15, -0.1) is 0 Å². The number of amides is 2. The van der Waals surface area contributed by atoms with Gasteiger partial charge in [0.05, 0.1) is 16.1 Å². The van der Waals surface area contributed by atoms with E-state index in [1.807, 2.05) is 44.2 Å². The number of nitrogens with one attached hydrogen (secondary N) is 1. The highest BCUT2D eigenvalue weighted by molar-refractivity contribution is 9.10. The number of hydrogen-bond acceptors (Lipinski definition) is 4. The summed E-state index contributed by atoms with van der Waals surface area (Å²) in [5.41, 5.74) is 0.00568.